The Bertz CT molecular complexity index is 898. The molecule has 7 nitrogen and oxygen atoms in total. The number of rotatable bonds is 6. The van der Waals surface area contributed by atoms with Crippen molar-refractivity contribution in [3.05, 3.63) is 29.8 Å². The highest BCUT2D eigenvalue weighted by molar-refractivity contribution is 8.01. The molecule has 1 atom stereocenters. The summed E-state index contributed by atoms with van der Waals surface area (Å²) in [7, 11) is -1.33. The van der Waals surface area contributed by atoms with Gasteiger partial charge in [-0.05, 0) is 31.0 Å². The number of nitrogens with zero attached hydrogens (tertiary/aromatic N) is 3. The number of aryl methyl sites for hydroxylation is 1. The van der Waals surface area contributed by atoms with E-state index < -0.39 is 9.84 Å². The van der Waals surface area contributed by atoms with E-state index in [1.165, 1.54) is 23.1 Å². The minimum Gasteiger partial charge on any atom is -0.341 e. The van der Waals surface area contributed by atoms with Gasteiger partial charge in [0.15, 0.2) is 14.2 Å². The molecule has 1 N–H and O–H groups in total. The molecule has 1 aromatic heterocycles. The zero-order chi connectivity index (χ0) is 18.7. The Morgan fingerprint density at radius 1 is 1.42 bits per heavy atom. The number of thioether (sulfide) groups is 1. The van der Waals surface area contributed by atoms with Crippen molar-refractivity contribution in [3.63, 3.8) is 0 Å². The molecule has 0 saturated carbocycles. The highest BCUT2D eigenvalue weighted by atomic mass is 32.2. The summed E-state index contributed by atoms with van der Waals surface area (Å²) in [5.41, 5.74) is 2.09. The molecule has 0 unspecified atom stereocenters. The maximum Gasteiger partial charge on any atom is 0.233 e. The Morgan fingerprint density at radius 2 is 2.23 bits per heavy atom. The third-order valence-electron chi connectivity index (χ3n) is 4.14. The smallest absolute Gasteiger partial charge is 0.233 e. The van der Waals surface area contributed by atoms with Crippen LogP contribution in [0.25, 0.3) is 0 Å². The van der Waals surface area contributed by atoms with E-state index in [4.69, 9.17) is 0 Å². The standard InChI is InChI=1S/C16H20N4O3S3/c1-11-4-3-5-12(8-11)17-15-18-19-16(25-15)24-9-14(21)20(2)13-6-7-26(22,23)10-13/h3-5,8,13H,6-7,9-10H2,1-2H3,(H,17,18)/t13-/m1/s1. The van der Waals surface area contributed by atoms with Crippen molar-refractivity contribution in [1.82, 2.24) is 15.1 Å². The fourth-order valence-electron chi connectivity index (χ4n) is 2.67. The predicted molar refractivity (Wildman–Crippen MR) is 105 cm³/mol. The third-order valence-corrected chi connectivity index (χ3v) is 7.85. The second-order valence-electron chi connectivity index (χ2n) is 6.22. The van der Waals surface area contributed by atoms with E-state index in [0.717, 1.165) is 11.3 Å². The first-order chi connectivity index (χ1) is 12.3. The zero-order valence-corrected chi connectivity index (χ0v) is 17.0. The fraction of sp³-hybridized carbons (Fsp3) is 0.438. The van der Waals surface area contributed by atoms with Crippen LogP contribution in [-0.2, 0) is 14.6 Å². The van der Waals surface area contributed by atoms with Gasteiger partial charge in [0.05, 0.1) is 17.3 Å². The molecule has 2 aromatic rings. The maximum absolute atomic E-state index is 12.3. The molecule has 10 heteroatoms. The number of carbonyl (C=O) groups is 1. The monoisotopic (exact) mass is 412 g/mol. The summed E-state index contributed by atoms with van der Waals surface area (Å²) in [6.45, 7) is 2.02. The lowest BCUT2D eigenvalue weighted by Crippen LogP contribution is -2.38. The van der Waals surface area contributed by atoms with Gasteiger partial charge in [-0.2, -0.15) is 0 Å². The van der Waals surface area contributed by atoms with E-state index in [9.17, 15) is 13.2 Å². The van der Waals surface area contributed by atoms with Crippen molar-refractivity contribution in [1.29, 1.82) is 0 Å². The lowest BCUT2D eigenvalue weighted by atomic mass is 10.2. The Morgan fingerprint density at radius 3 is 2.92 bits per heavy atom. The molecule has 1 aliphatic heterocycles. The molecule has 1 fully saturated rings. The van der Waals surface area contributed by atoms with Gasteiger partial charge in [-0.3, -0.25) is 4.79 Å². The maximum atomic E-state index is 12.3. The van der Waals surface area contributed by atoms with Crippen LogP contribution in [0.2, 0.25) is 0 Å². The summed E-state index contributed by atoms with van der Waals surface area (Å²) in [6, 6.07) is 7.73. The first kappa shape index (κ1) is 19.1. The number of aromatic nitrogens is 2. The minimum atomic E-state index is -3.00. The van der Waals surface area contributed by atoms with Crippen molar-refractivity contribution >= 4 is 49.7 Å². The number of carbonyl (C=O) groups excluding carboxylic acids is 1. The van der Waals surface area contributed by atoms with E-state index >= 15 is 0 Å². The molecular weight excluding hydrogens is 392 g/mol. The van der Waals surface area contributed by atoms with E-state index in [2.05, 4.69) is 15.5 Å². The van der Waals surface area contributed by atoms with Crippen LogP contribution in [0.15, 0.2) is 28.6 Å². The summed E-state index contributed by atoms with van der Waals surface area (Å²) < 4.78 is 23.8. The second kappa shape index (κ2) is 7.93. The molecule has 1 saturated heterocycles. The van der Waals surface area contributed by atoms with Crippen LogP contribution in [-0.4, -0.2) is 59.8 Å². The summed E-state index contributed by atoms with van der Waals surface area (Å²) >= 11 is 2.70. The van der Waals surface area contributed by atoms with Gasteiger partial charge in [-0.1, -0.05) is 35.2 Å². The summed E-state index contributed by atoms with van der Waals surface area (Å²) in [5, 5.41) is 12.0. The Labute approximate surface area is 161 Å². The first-order valence-electron chi connectivity index (χ1n) is 8.08. The molecule has 1 aliphatic rings. The number of benzene rings is 1. The number of anilines is 2. The molecule has 0 radical (unpaired) electrons. The average molecular weight is 413 g/mol. The molecular formula is C16H20N4O3S3. The first-order valence-corrected chi connectivity index (χ1v) is 11.7. The van der Waals surface area contributed by atoms with Crippen molar-refractivity contribution in [2.75, 3.05) is 29.6 Å². The minimum absolute atomic E-state index is 0.0588. The summed E-state index contributed by atoms with van der Waals surface area (Å²) in [6.07, 6.45) is 0.513. The molecule has 140 valence electrons. The lowest BCUT2D eigenvalue weighted by molar-refractivity contribution is -0.128. The van der Waals surface area contributed by atoms with E-state index in [1.807, 2.05) is 31.2 Å². The Hall–Kier alpha value is -1.65. The average Bonchev–Trinajstić information content (AvgIpc) is 3.18. The van der Waals surface area contributed by atoms with Crippen LogP contribution < -0.4 is 5.32 Å². The van der Waals surface area contributed by atoms with Crippen molar-refractivity contribution < 1.29 is 13.2 Å². The van der Waals surface area contributed by atoms with Crippen LogP contribution in [0.5, 0.6) is 0 Å². The number of nitrogens with one attached hydrogen (secondary N) is 1. The zero-order valence-electron chi connectivity index (χ0n) is 14.5. The molecule has 3 rings (SSSR count). The SMILES string of the molecule is Cc1cccc(Nc2nnc(SCC(=O)N(C)[C@@H]3CCS(=O)(=O)C3)s2)c1. The highest BCUT2D eigenvalue weighted by Gasteiger charge is 2.32. The quantitative estimate of drug-likeness (QED) is 0.728. The molecule has 1 aromatic carbocycles. The molecule has 0 spiro atoms. The van der Waals surface area contributed by atoms with Crippen molar-refractivity contribution in [3.8, 4) is 0 Å². The van der Waals surface area contributed by atoms with E-state index in [1.54, 1.807) is 11.9 Å². The number of amides is 1. The Kier molecular flexibility index (Phi) is 5.83. The van der Waals surface area contributed by atoms with Crippen LogP contribution in [0.4, 0.5) is 10.8 Å². The second-order valence-corrected chi connectivity index (χ2v) is 10.6. The normalized spacial score (nSPS) is 18.6. The number of hydrogen-bond donors (Lipinski definition) is 1. The van der Waals surface area contributed by atoms with Gasteiger partial charge in [0, 0.05) is 18.8 Å². The topological polar surface area (TPSA) is 92.3 Å². The number of sulfone groups is 1. The van der Waals surface area contributed by atoms with Crippen molar-refractivity contribution in [2.45, 2.75) is 23.7 Å². The van der Waals surface area contributed by atoms with Gasteiger partial charge < -0.3 is 10.2 Å². The summed E-state index contributed by atoms with van der Waals surface area (Å²) in [5.74, 6) is 0.336. The van der Waals surface area contributed by atoms with Crippen LogP contribution >= 0.6 is 23.1 Å². The van der Waals surface area contributed by atoms with Gasteiger partial charge in [0.2, 0.25) is 11.0 Å². The van der Waals surface area contributed by atoms with E-state index in [-0.39, 0.29) is 29.2 Å². The van der Waals surface area contributed by atoms with Gasteiger partial charge in [-0.25, -0.2) is 8.42 Å². The van der Waals surface area contributed by atoms with Gasteiger partial charge >= 0.3 is 0 Å². The molecule has 0 bridgehead atoms. The largest absolute Gasteiger partial charge is 0.341 e. The van der Waals surface area contributed by atoms with Crippen molar-refractivity contribution in [2.24, 2.45) is 0 Å². The molecule has 1 amide bonds. The van der Waals surface area contributed by atoms with Gasteiger partial charge in [0.25, 0.3) is 0 Å². The molecule has 26 heavy (non-hydrogen) atoms. The van der Waals surface area contributed by atoms with Crippen LogP contribution in [0, 0.1) is 6.92 Å². The third kappa shape index (κ3) is 4.95. The van der Waals surface area contributed by atoms with Gasteiger partial charge in [-0.15, -0.1) is 10.2 Å². The van der Waals surface area contributed by atoms with Crippen LogP contribution in [0.1, 0.15) is 12.0 Å². The van der Waals surface area contributed by atoms with Gasteiger partial charge in [0.1, 0.15) is 0 Å². The predicted octanol–water partition coefficient (Wildman–Crippen LogP) is 2.33. The number of hydrogen-bond acceptors (Lipinski definition) is 8. The highest BCUT2D eigenvalue weighted by Crippen LogP contribution is 2.28. The molecule has 2 heterocycles. The lowest BCUT2D eigenvalue weighted by Gasteiger charge is -2.22. The van der Waals surface area contributed by atoms with E-state index in [0.29, 0.717) is 15.9 Å². The Balaban J connectivity index is 1.52. The fourth-order valence-corrected chi connectivity index (χ4v) is 6.15. The molecule has 0 aliphatic carbocycles. The van der Waals surface area contributed by atoms with Crippen LogP contribution in [0.3, 0.4) is 0 Å². The summed E-state index contributed by atoms with van der Waals surface area (Å²) in [4.78, 5) is 13.8.